The zero-order valence-corrected chi connectivity index (χ0v) is 16.5. The van der Waals surface area contributed by atoms with Crippen molar-refractivity contribution in [3.63, 3.8) is 0 Å². The van der Waals surface area contributed by atoms with Gasteiger partial charge in [-0.1, -0.05) is 12.1 Å². The van der Waals surface area contributed by atoms with E-state index in [0.717, 1.165) is 52.2 Å². The molecule has 4 nitrogen and oxygen atoms in total. The van der Waals surface area contributed by atoms with Gasteiger partial charge in [0.05, 0.1) is 13.5 Å². The number of hydrogen-bond donors (Lipinski definition) is 1. The standard InChI is InChI=1S/C22H23NO3S/c1-13-17(12-20(24)25)18(11-14-7-9-15(26-2)10-8-14)21-16-5-3-4-6-19(16)27-22(21)23-13/h7-10H,3-6,11-12H2,1-2H3,(H,24,25). The Kier molecular flexibility index (Phi) is 4.87. The molecule has 1 aliphatic carbocycles. The molecule has 5 heteroatoms. The molecule has 0 atom stereocenters. The first-order chi connectivity index (χ1) is 13.1. The van der Waals surface area contributed by atoms with Crippen LogP contribution in [-0.4, -0.2) is 23.2 Å². The Morgan fingerprint density at radius 2 is 1.93 bits per heavy atom. The van der Waals surface area contributed by atoms with Crippen molar-refractivity contribution in [2.24, 2.45) is 0 Å². The highest BCUT2D eigenvalue weighted by Gasteiger charge is 2.23. The number of aliphatic carboxylic acids is 1. The lowest BCUT2D eigenvalue weighted by molar-refractivity contribution is -0.136. The van der Waals surface area contributed by atoms with Gasteiger partial charge in [0.2, 0.25) is 0 Å². The van der Waals surface area contributed by atoms with Gasteiger partial charge in [-0.3, -0.25) is 4.79 Å². The van der Waals surface area contributed by atoms with E-state index in [2.05, 4.69) is 12.1 Å². The number of fused-ring (bicyclic) bond motifs is 3. The van der Waals surface area contributed by atoms with Crippen LogP contribution in [0.4, 0.5) is 0 Å². The Balaban J connectivity index is 1.90. The number of thiophene rings is 1. The smallest absolute Gasteiger partial charge is 0.307 e. The van der Waals surface area contributed by atoms with Crippen molar-refractivity contribution < 1.29 is 14.6 Å². The lowest BCUT2D eigenvalue weighted by Crippen LogP contribution is -2.09. The van der Waals surface area contributed by atoms with Crippen LogP contribution in [0.1, 0.15) is 45.7 Å². The maximum Gasteiger partial charge on any atom is 0.307 e. The molecule has 1 aliphatic rings. The van der Waals surface area contributed by atoms with E-state index in [1.807, 2.05) is 19.1 Å². The summed E-state index contributed by atoms with van der Waals surface area (Å²) in [5.74, 6) is 0.0211. The van der Waals surface area contributed by atoms with Gasteiger partial charge in [0.1, 0.15) is 10.6 Å². The van der Waals surface area contributed by atoms with Crippen LogP contribution in [0.15, 0.2) is 24.3 Å². The minimum Gasteiger partial charge on any atom is -0.497 e. The van der Waals surface area contributed by atoms with Crippen molar-refractivity contribution in [3.05, 3.63) is 57.1 Å². The van der Waals surface area contributed by atoms with Crippen LogP contribution in [0.5, 0.6) is 5.75 Å². The Morgan fingerprint density at radius 1 is 1.19 bits per heavy atom. The van der Waals surface area contributed by atoms with Crippen molar-refractivity contribution in [2.45, 2.75) is 45.4 Å². The number of carboxylic acids is 1. The van der Waals surface area contributed by atoms with Crippen LogP contribution in [0.25, 0.3) is 10.2 Å². The molecule has 0 radical (unpaired) electrons. The average Bonchev–Trinajstić information content (AvgIpc) is 3.02. The second kappa shape index (κ2) is 7.31. The second-order valence-electron chi connectivity index (χ2n) is 7.14. The first-order valence-corrected chi connectivity index (χ1v) is 10.2. The van der Waals surface area contributed by atoms with Gasteiger partial charge >= 0.3 is 5.97 Å². The molecule has 3 aromatic rings. The molecule has 0 saturated heterocycles. The van der Waals surface area contributed by atoms with Crippen LogP contribution >= 0.6 is 11.3 Å². The number of rotatable bonds is 5. The summed E-state index contributed by atoms with van der Waals surface area (Å²) < 4.78 is 5.26. The van der Waals surface area contributed by atoms with Crippen molar-refractivity contribution >= 4 is 27.5 Å². The van der Waals surface area contributed by atoms with E-state index in [1.165, 1.54) is 28.7 Å². The summed E-state index contributed by atoms with van der Waals surface area (Å²) in [5.41, 5.74) is 5.42. The number of hydrogen-bond acceptors (Lipinski definition) is 4. The molecule has 1 N–H and O–H groups in total. The molecular formula is C22H23NO3S. The van der Waals surface area contributed by atoms with Gasteiger partial charge in [-0.25, -0.2) is 4.98 Å². The van der Waals surface area contributed by atoms with Crippen LogP contribution in [-0.2, 0) is 30.5 Å². The number of benzene rings is 1. The maximum atomic E-state index is 11.5. The van der Waals surface area contributed by atoms with Crippen molar-refractivity contribution in [3.8, 4) is 5.75 Å². The van der Waals surface area contributed by atoms with E-state index in [0.29, 0.717) is 0 Å². The zero-order valence-electron chi connectivity index (χ0n) is 15.7. The topological polar surface area (TPSA) is 59.4 Å². The molecule has 4 rings (SSSR count). The molecule has 0 saturated carbocycles. The third kappa shape index (κ3) is 3.44. The van der Waals surface area contributed by atoms with E-state index >= 15 is 0 Å². The average molecular weight is 381 g/mol. The molecular weight excluding hydrogens is 358 g/mol. The molecule has 2 heterocycles. The van der Waals surface area contributed by atoms with Gasteiger partial charge in [-0.05, 0) is 73.4 Å². The molecule has 1 aromatic carbocycles. The van der Waals surface area contributed by atoms with Gasteiger partial charge < -0.3 is 9.84 Å². The monoisotopic (exact) mass is 381 g/mol. The highest BCUT2D eigenvalue weighted by Crippen LogP contribution is 2.40. The molecule has 0 bridgehead atoms. The summed E-state index contributed by atoms with van der Waals surface area (Å²) in [7, 11) is 1.66. The van der Waals surface area contributed by atoms with Crippen LogP contribution in [0.3, 0.4) is 0 Å². The number of carboxylic acid groups (broad SMARTS) is 1. The lowest BCUT2D eigenvalue weighted by Gasteiger charge is -2.16. The molecule has 0 aliphatic heterocycles. The van der Waals surface area contributed by atoms with Crippen LogP contribution < -0.4 is 4.74 Å². The van der Waals surface area contributed by atoms with E-state index in [9.17, 15) is 9.90 Å². The fourth-order valence-corrected chi connectivity index (χ4v) is 5.40. The van der Waals surface area contributed by atoms with Crippen molar-refractivity contribution in [1.82, 2.24) is 4.98 Å². The minimum absolute atomic E-state index is 0.0187. The number of pyridine rings is 1. The number of aryl methyl sites for hydroxylation is 3. The summed E-state index contributed by atoms with van der Waals surface area (Å²) in [4.78, 5) is 18.8. The van der Waals surface area contributed by atoms with Crippen molar-refractivity contribution in [2.75, 3.05) is 7.11 Å². The summed E-state index contributed by atoms with van der Waals surface area (Å²) in [5, 5.41) is 10.7. The van der Waals surface area contributed by atoms with Gasteiger partial charge in [-0.15, -0.1) is 11.3 Å². The van der Waals surface area contributed by atoms with Gasteiger partial charge in [0.15, 0.2) is 0 Å². The third-order valence-electron chi connectivity index (χ3n) is 5.39. The first kappa shape index (κ1) is 18.0. The predicted octanol–water partition coefficient (Wildman–Crippen LogP) is 4.71. The zero-order chi connectivity index (χ0) is 19.0. The lowest BCUT2D eigenvalue weighted by atomic mass is 9.89. The Hall–Kier alpha value is -2.40. The number of methoxy groups -OCH3 is 1. The molecule has 27 heavy (non-hydrogen) atoms. The summed E-state index contributed by atoms with van der Waals surface area (Å²) in [6.45, 7) is 1.94. The number of carbonyl (C=O) groups is 1. The largest absolute Gasteiger partial charge is 0.497 e. The number of nitrogens with zero attached hydrogens (tertiary/aromatic N) is 1. The molecule has 140 valence electrons. The summed E-state index contributed by atoms with van der Waals surface area (Å²) in [6.07, 6.45) is 5.35. The Labute approximate surface area is 162 Å². The molecule has 0 amide bonds. The minimum atomic E-state index is -0.806. The quantitative estimate of drug-likeness (QED) is 0.695. The van der Waals surface area contributed by atoms with Gasteiger partial charge in [0.25, 0.3) is 0 Å². The van der Waals surface area contributed by atoms with Crippen LogP contribution in [0.2, 0.25) is 0 Å². The Morgan fingerprint density at radius 3 is 2.63 bits per heavy atom. The second-order valence-corrected chi connectivity index (χ2v) is 8.22. The highest BCUT2D eigenvalue weighted by molar-refractivity contribution is 7.18. The van der Waals surface area contributed by atoms with E-state index < -0.39 is 5.97 Å². The number of aromatic nitrogens is 1. The molecule has 0 fully saturated rings. The van der Waals surface area contributed by atoms with Crippen molar-refractivity contribution in [1.29, 1.82) is 0 Å². The Bertz CT molecular complexity index is 1000. The van der Waals surface area contributed by atoms with Gasteiger partial charge in [-0.2, -0.15) is 0 Å². The summed E-state index contributed by atoms with van der Waals surface area (Å²) in [6, 6.07) is 8.04. The SMILES string of the molecule is COc1ccc(Cc2c(CC(=O)O)c(C)nc3sc4c(c23)CCCC4)cc1. The normalized spacial score (nSPS) is 13.6. The predicted molar refractivity (Wildman–Crippen MR) is 108 cm³/mol. The maximum absolute atomic E-state index is 11.5. The van der Waals surface area contributed by atoms with Crippen LogP contribution in [0, 0.1) is 6.92 Å². The van der Waals surface area contributed by atoms with E-state index in [1.54, 1.807) is 18.4 Å². The molecule has 0 unspecified atom stereocenters. The fourth-order valence-electron chi connectivity index (χ4n) is 4.06. The third-order valence-corrected chi connectivity index (χ3v) is 6.58. The van der Waals surface area contributed by atoms with E-state index in [4.69, 9.17) is 9.72 Å². The molecule has 2 aromatic heterocycles. The summed E-state index contributed by atoms with van der Waals surface area (Å²) >= 11 is 1.79. The fraction of sp³-hybridized carbons (Fsp3) is 0.364. The first-order valence-electron chi connectivity index (χ1n) is 9.34. The van der Waals surface area contributed by atoms with E-state index in [-0.39, 0.29) is 6.42 Å². The highest BCUT2D eigenvalue weighted by atomic mass is 32.1. The number of ether oxygens (including phenoxy) is 1. The molecule has 0 spiro atoms. The van der Waals surface area contributed by atoms with Gasteiger partial charge in [0, 0.05) is 16.0 Å².